The molecule has 0 bridgehead atoms. The number of rotatable bonds is 31. The van der Waals surface area contributed by atoms with Gasteiger partial charge in [0, 0.05) is 49.3 Å². The SMILES string of the molecule is C[C@@H](O)[C@H](NC(=O)[C@H](Cc1ccccc1)NC(=O)[C@@H]1CCCN1C(=O)[C@H](Cc1c[nH]c2ccccc12)NC(=O)[C@H](CO)NC(=O)[C@H](CC(N)=O)NC(=O)[C@H](CO)NC(=O)[C@H](CCC(N)=O)NC(=O)[C@@H](N)CCC(N)=O)C(=O)O. The quantitative estimate of drug-likeness (QED) is 0.0285. The first-order valence-corrected chi connectivity index (χ1v) is 24.7. The van der Waals surface area contributed by atoms with Gasteiger partial charge in [-0.05, 0) is 49.8 Å². The van der Waals surface area contributed by atoms with E-state index in [0.717, 1.165) is 6.92 Å². The van der Waals surface area contributed by atoms with Crippen LogP contribution in [0.2, 0.25) is 0 Å². The molecule has 424 valence electrons. The molecule has 0 radical (unpaired) electrons. The summed E-state index contributed by atoms with van der Waals surface area (Å²) < 4.78 is 0. The summed E-state index contributed by atoms with van der Waals surface area (Å²) in [6.45, 7) is -1.14. The van der Waals surface area contributed by atoms with Crippen LogP contribution in [-0.4, -0.2) is 181 Å². The fourth-order valence-corrected chi connectivity index (χ4v) is 8.34. The van der Waals surface area contributed by atoms with Crippen LogP contribution in [0.4, 0.5) is 0 Å². The van der Waals surface area contributed by atoms with Gasteiger partial charge in [-0.25, -0.2) is 4.79 Å². The number of nitrogens with zero attached hydrogens (tertiary/aromatic N) is 1. The van der Waals surface area contributed by atoms with E-state index in [0.29, 0.717) is 22.0 Å². The number of primary amides is 3. The van der Waals surface area contributed by atoms with Gasteiger partial charge in [0.2, 0.25) is 65.0 Å². The molecule has 11 amide bonds. The monoisotopic (exact) mass is 1090 g/mol. The molecule has 1 aliphatic rings. The predicted molar refractivity (Wildman–Crippen MR) is 273 cm³/mol. The van der Waals surface area contributed by atoms with Gasteiger partial charge in [-0.1, -0.05) is 48.5 Å². The van der Waals surface area contributed by atoms with Crippen LogP contribution in [-0.2, 0) is 70.4 Å². The Morgan fingerprint density at radius 1 is 0.628 bits per heavy atom. The van der Waals surface area contributed by atoms with Crippen LogP contribution >= 0.6 is 0 Å². The number of para-hydroxylation sites is 1. The van der Waals surface area contributed by atoms with Crippen molar-refractivity contribution in [3.63, 3.8) is 0 Å². The highest BCUT2D eigenvalue weighted by Crippen LogP contribution is 2.23. The van der Waals surface area contributed by atoms with E-state index in [1.54, 1.807) is 60.8 Å². The number of carbonyl (C=O) groups is 12. The van der Waals surface area contributed by atoms with E-state index in [-0.39, 0.29) is 45.1 Å². The van der Waals surface area contributed by atoms with Gasteiger partial charge < -0.3 is 90.5 Å². The second-order valence-electron chi connectivity index (χ2n) is 18.5. The topological polar surface area (TPSA) is 493 Å². The molecule has 3 aromatic rings. The molecule has 0 aliphatic carbocycles. The Bertz CT molecular complexity index is 2670. The first-order valence-electron chi connectivity index (χ1n) is 24.7. The molecule has 2 heterocycles. The molecule has 1 aliphatic heterocycles. The summed E-state index contributed by atoms with van der Waals surface area (Å²) in [5.41, 5.74) is 23.2. The number of hydrogen-bond acceptors (Lipinski definition) is 16. The Hall–Kier alpha value is -8.54. The molecular weight excluding hydrogens is 1030 g/mol. The predicted octanol–water partition coefficient (Wildman–Crippen LogP) is -6.48. The lowest BCUT2D eigenvalue weighted by atomic mass is 10.0. The molecule has 0 spiro atoms. The zero-order valence-electron chi connectivity index (χ0n) is 42.5. The maximum Gasteiger partial charge on any atom is 0.328 e. The Morgan fingerprint density at radius 3 is 1.73 bits per heavy atom. The summed E-state index contributed by atoms with van der Waals surface area (Å²) in [5.74, 6) is -12.8. The highest BCUT2D eigenvalue weighted by molar-refractivity contribution is 6.00. The van der Waals surface area contributed by atoms with Crippen LogP contribution in [0.3, 0.4) is 0 Å². The maximum absolute atomic E-state index is 14.7. The Balaban J connectivity index is 1.56. The molecule has 0 unspecified atom stereocenters. The number of aliphatic hydroxyl groups excluding tert-OH is 3. The minimum atomic E-state index is -1.95. The first kappa shape index (κ1) is 62.0. The molecule has 20 N–H and O–H groups in total. The normalized spacial score (nSPS) is 16.5. The molecule has 29 heteroatoms. The minimum absolute atomic E-state index is 0.0188. The zero-order valence-corrected chi connectivity index (χ0v) is 42.5. The lowest BCUT2D eigenvalue weighted by Crippen LogP contribution is -2.61. The van der Waals surface area contributed by atoms with Gasteiger partial charge in [-0.3, -0.25) is 52.7 Å². The van der Waals surface area contributed by atoms with Gasteiger partial charge in [0.15, 0.2) is 6.04 Å². The van der Waals surface area contributed by atoms with Crippen molar-refractivity contribution in [3.05, 3.63) is 71.9 Å². The van der Waals surface area contributed by atoms with Crippen LogP contribution in [0.15, 0.2) is 60.8 Å². The number of benzene rings is 2. The van der Waals surface area contributed by atoms with Crippen LogP contribution in [0.1, 0.15) is 63.0 Å². The third kappa shape index (κ3) is 18.3. The molecular formula is C49H67N13O16. The van der Waals surface area contributed by atoms with Crippen molar-refractivity contribution < 1.29 is 78.0 Å². The number of carbonyl (C=O) groups excluding carboxylic acids is 11. The number of carboxylic acid groups (broad SMARTS) is 1. The molecule has 10 atom stereocenters. The van der Waals surface area contributed by atoms with Gasteiger partial charge in [-0.2, -0.15) is 0 Å². The highest BCUT2D eigenvalue weighted by Gasteiger charge is 2.41. The summed E-state index contributed by atoms with van der Waals surface area (Å²) in [4.78, 5) is 161. The number of H-pyrrole nitrogens is 1. The van der Waals surface area contributed by atoms with Crippen molar-refractivity contribution in [3.8, 4) is 0 Å². The zero-order chi connectivity index (χ0) is 57.8. The number of fused-ring (bicyclic) bond motifs is 1. The van der Waals surface area contributed by atoms with Crippen LogP contribution in [0.25, 0.3) is 10.9 Å². The average molecular weight is 1090 g/mol. The Morgan fingerprint density at radius 2 is 1.15 bits per heavy atom. The summed E-state index contributed by atoms with van der Waals surface area (Å²) in [5, 5.41) is 57.1. The van der Waals surface area contributed by atoms with Crippen molar-refractivity contribution in [2.24, 2.45) is 22.9 Å². The number of aromatic nitrogens is 1. The van der Waals surface area contributed by atoms with Crippen molar-refractivity contribution in [2.75, 3.05) is 19.8 Å². The summed E-state index contributed by atoms with van der Waals surface area (Å²) in [6, 6.07) is 0.792. The van der Waals surface area contributed by atoms with E-state index in [4.69, 9.17) is 22.9 Å². The van der Waals surface area contributed by atoms with E-state index in [9.17, 15) is 78.0 Å². The number of aliphatic hydroxyl groups is 3. The highest BCUT2D eigenvalue weighted by atomic mass is 16.4. The molecule has 2 aromatic carbocycles. The molecule has 1 saturated heterocycles. The fourth-order valence-electron chi connectivity index (χ4n) is 8.34. The number of amides is 11. The van der Waals surface area contributed by atoms with Gasteiger partial charge in [0.05, 0.1) is 31.8 Å². The number of carboxylic acids is 1. The fraction of sp³-hybridized carbons (Fsp3) is 0.469. The molecule has 4 rings (SSSR count). The van der Waals surface area contributed by atoms with Gasteiger partial charge in [0.25, 0.3) is 0 Å². The van der Waals surface area contributed by atoms with Crippen LogP contribution in [0, 0.1) is 0 Å². The second-order valence-corrected chi connectivity index (χ2v) is 18.5. The van der Waals surface area contributed by atoms with Crippen molar-refractivity contribution >= 4 is 81.9 Å². The molecule has 78 heavy (non-hydrogen) atoms. The summed E-state index contributed by atoms with van der Waals surface area (Å²) in [7, 11) is 0. The van der Waals surface area contributed by atoms with Crippen molar-refractivity contribution in [2.45, 2.75) is 125 Å². The van der Waals surface area contributed by atoms with E-state index in [1.165, 1.54) is 4.90 Å². The molecule has 0 saturated carbocycles. The third-order valence-electron chi connectivity index (χ3n) is 12.5. The average Bonchev–Trinajstić information content (AvgIpc) is 4.07. The summed E-state index contributed by atoms with van der Waals surface area (Å²) in [6.07, 6.45) is -2.25. The summed E-state index contributed by atoms with van der Waals surface area (Å²) >= 11 is 0. The first-order chi connectivity index (χ1) is 36.9. The maximum atomic E-state index is 14.7. The minimum Gasteiger partial charge on any atom is -0.480 e. The largest absolute Gasteiger partial charge is 0.480 e. The lowest BCUT2D eigenvalue weighted by molar-refractivity contribution is -0.145. The van der Waals surface area contributed by atoms with Gasteiger partial charge >= 0.3 is 5.97 Å². The van der Waals surface area contributed by atoms with E-state index < -0.39 is 164 Å². The Labute approximate surface area is 445 Å². The van der Waals surface area contributed by atoms with E-state index >= 15 is 0 Å². The Kier molecular flexibility index (Phi) is 23.6. The number of nitrogens with two attached hydrogens (primary N) is 4. The third-order valence-corrected chi connectivity index (χ3v) is 12.5. The standard InChI is InChI=1S/C49H67N13O16/c1-24(65)40(49(77)78)61-44(72)31(18-25-8-3-2-4-9-25)57-47(75)36-12-7-17-62(36)48(76)33(19-26-21-54-29-11-6-5-10-27(26)29)58-46(74)35(23-64)60-43(71)32(20-39(53)68)56-45(73)34(22-63)59-42(70)30(14-16-38(52)67)55-41(69)28(50)13-15-37(51)66/h2-6,8-11,21,24,28,30-36,40,54,63-65H,7,12-20,22-23,50H2,1H3,(H2,51,66)(H2,52,67)(H2,53,68)(H,55,69)(H,56,73)(H,57,75)(H,58,74)(H,59,70)(H,60,71)(H,61,72)(H,77,78)/t24-,28+,30+,31+,32+,33+,34+,35+,36+,40+/m1/s1. The van der Waals surface area contributed by atoms with Gasteiger partial charge in [0.1, 0.15) is 42.3 Å². The number of likely N-dealkylation sites (tertiary alicyclic amines) is 1. The molecule has 1 aromatic heterocycles. The number of aromatic amines is 1. The van der Waals surface area contributed by atoms with Crippen molar-refractivity contribution in [1.29, 1.82) is 0 Å². The van der Waals surface area contributed by atoms with Gasteiger partial charge in [-0.15, -0.1) is 0 Å². The lowest BCUT2D eigenvalue weighted by Gasteiger charge is -2.31. The molecule has 1 fully saturated rings. The van der Waals surface area contributed by atoms with E-state index in [1.807, 2.05) is 0 Å². The molecule has 29 nitrogen and oxygen atoms in total. The van der Waals surface area contributed by atoms with Crippen LogP contribution < -0.4 is 60.2 Å². The number of hydrogen-bond donors (Lipinski definition) is 16. The smallest absolute Gasteiger partial charge is 0.328 e. The van der Waals surface area contributed by atoms with E-state index in [2.05, 4.69) is 42.2 Å². The van der Waals surface area contributed by atoms with Crippen molar-refractivity contribution in [1.82, 2.24) is 47.1 Å². The van der Waals surface area contributed by atoms with Crippen LogP contribution in [0.5, 0.6) is 0 Å². The second kappa shape index (κ2) is 29.7. The number of nitrogens with one attached hydrogen (secondary N) is 8. The number of aliphatic carboxylic acids is 1.